The van der Waals surface area contributed by atoms with Gasteiger partial charge in [0, 0.05) is 24.0 Å². The second-order valence-corrected chi connectivity index (χ2v) is 8.78. The molecule has 0 spiro atoms. The average Bonchev–Trinajstić information content (AvgIpc) is 3.54. The number of nitrogens with one attached hydrogen (secondary N) is 2. The number of nitrogens with zero attached hydrogens (tertiary/aromatic N) is 1. The Kier molecular flexibility index (Phi) is 5.41. The lowest BCUT2D eigenvalue weighted by Crippen LogP contribution is -2.25. The number of ether oxygens (including phenoxy) is 1. The molecule has 0 radical (unpaired) electrons. The molecule has 0 saturated heterocycles. The normalized spacial score (nSPS) is 13.5. The number of benzene rings is 2. The Morgan fingerprint density at radius 3 is 2.40 bits per heavy atom. The summed E-state index contributed by atoms with van der Waals surface area (Å²) in [6.45, 7) is 1.75. The summed E-state index contributed by atoms with van der Waals surface area (Å²) >= 11 is 0. The van der Waals surface area contributed by atoms with Gasteiger partial charge in [-0.2, -0.15) is 0 Å². The fourth-order valence-electron chi connectivity index (χ4n) is 2.85. The number of hydrogen-bond acceptors (Lipinski definition) is 5. The Labute approximate surface area is 175 Å². The standard InChI is InChI=1S/C22H21N3O4S/c1-15-4-2-3-5-20(15)30(27,28)25-18-9-11-19(12-10-18)29-21-13-6-16(14-23-21)22(26)24-17-7-8-17/h2-6,9-14,17,25H,7-8H2,1H3,(H,24,26). The number of amides is 1. The van der Waals surface area contributed by atoms with Crippen LogP contribution in [0.2, 0.25) is 0 Å². The van der Waals surface area contributed by atoms with Crippen LogP contribution in [0.4, 0.5) is 5.69 Å². The predicted molar refractivity (Wildman–Crippen MR) is 113 cm³/mol. The molecule has 1 saturated carbocycles. The maximum absolute atomic E-state index is 12.6. The number of sulfonamides is 1. The summed E-state index contributed by atoms with van der Waals surface area (Å²) in [6.07, 6.45) is 3.52. The van der Waals surface area contributed by atoms with Crippen LogP contribution in [0.3, 0.4) is 0 Å². The largest absolute Gasteiger partial charge is 0.439 e. The minimum Gasteiger partial charge on any atom is -0.439 e. The molecule has 0 aliphatic heterocycles. The highest BCUT2D eigenvalue weighted by Crippen LogP contribution is 2.24. The molecule has 7 nitrogen and oxygen atoms in total. The monoisotopic (exact) mass is 423 g/mol. The van der Waals surface area contributed by atoms with Gasteiger partial charge in [0.05, 0.1) is 10.5 Å². The van der Waals surface area contributed by atoms with Crippen molar-refractivity contribution in [3.63, 3.8) is 0 Å². The quantitative estimate of drug-likeness (QED) is 0.601. The topological polar surface area (TPSA) is 97.4 Å². The molecular formula is C22H21N3O4S. The Morgan fingerprint density at radius 1 is 1.03 bits per heavy atom. The van der Waals surface area contributed by atoms with Crippen LogP contribution < -0.4 is 14.8 Å². The third kappa shape index (κ3) is 4.77. The smallest absolute Gasteiger partial charge is 0.262 e. The maximum Gasteiger partial charge on any atom is 0.262 e. The molecule has 2 aromatic carbocycles. The molecule has 8 heteroatoms. The summed E-state index contributed by atoms with van der Waals surface area (Å²) in [5, 5.41) is 2.90. The van der Waals surface area contributed by atoms with Gasteiger partial charge in [-0.05, 0) is 61.7 Å². The first-order valence-corrected chi connectivity index (χ1v) is 11.0. The van der Waals surface area contributed by atoms with E-state index in [-0.39, 0.29) is 16.8 Å². The van der Waals surface area contributed by atoms with Gasteiger partial charge in [0.1, 0.15) is 5.75 Å². The van der Waals surface area contributed by atoms with Gasteiger partial charge in [0.25, 0.3) is 15.9 Å². The lowest BCUT2D eigenvalue weighted by Gasteiger charge is -2.11. The second-order valence-electron chi connectivity index (χ2n) is 7.13. The third-order valence-corrected chi connectivity index (χ3v) is 6.16. The molecule has 0 bridgehead atoms. The van der Waals surface area contributed by atoms with Crippen LogP contribution in [-0.4, -0.2) is 25.4 Å². The molecular weight excluding hydrogens is 402 g/mol. The van der Waals surface area contributed by atoms with E-state index in [0.717, 1.165) is 12.8 Å². The van der Waals surface area contributed by atoms with Crippen molar-refractivity contribution in [2.45, 2.75) is 30.7 Å². The first-order chi connectivity index (χ1) is 14.4. The van der Waals surface area contributed by atoms with Crippen molar-refractivity contribution in [1.82, 2.24) is 10.3 Å². The van der Waals surface area contributed by atoms with Crippen LogP contribution >= 0.6 is 0 Å². The molecule has 0 unspecified atom stereocenters. The number of pyridine rings is 1. The van der Waals surface area contributed by atoms with Gasteiger partial charge in [0.2, 0.25) is 5.88 Å². The Morgan fingerprint density at radius 2 is 1.77 bits per heavy atom. The van der Waals surface area contributed by atoms with Crippen molar-refractivity contribution in [3.05, 3.63) is 78.0 Å². The van der Waals surface area contributed by atoms with E-state index in [1.807, 2.05) is 0 Å². The molecule has 4 rings (SSSR count). The lowest BCUT2D eigenvalue weighted by molar-refractivity contribution is 0.0950. The van der Waals surface area contributed by atoms with Gasteiger partial charge in [-0.15, -0.1) is 0 Å². The summed E-state index contributed by atoms with van der Waals surface area (Å²) in [7, 11) is -3.67. The van der Waals surface area contributed by atoms with Gasteiger partial charge >= 0.3 is 0 Å². The molecule has 1 aliphatic rings. The fourth-order valence-corrected chi connectivity index (χ4v) is 4.16. The minimum absolute atomic E-state index is 0.137. The van der Waals surface area contributed by atoms with Gasteiger partial charge in [0.15, 0.2) is 0 Å². The first kappa shape index (κ1) is 19.9. The zero-order valence-electron chi connectivity index (χ0n) is 16.3. The fraction of sp³-hybridized carbons (Fsp3) is 0.182. The highest BCUT2D eigenvalue weighted by molar-refractivity contribution is 7.92. The van der Waals surface area contributed by atoms with E-state index in [0.29, 0.717) is 28.4 Å². The van der Waals surface area contributed by atoms with Gasteiger partial charge in [-0.1, -0.05) is 18.2 Å². The molecule has 1 aliphatic carbocycles. The third-order valence-electron chi connectivity index (χ3n) is 4.62. The lowest BCUT2D eigenvalue weighted by atomic mass is 10.2. The molecule has 1 aromatic heterocycles. The number of aryl methyl sites for hydroxylation is 1. The summed E-state index contributed by atoms with van der Waals surface area (Å²) in [6, 6.07) is 16.9. The first-order valence-electron chi connectivity index (χ1n) is 9.54. The molecule has 1 heterocycles. The van der Waals surface area contributed by atoms with E-state index in [9.17, 15) is 13.2 Å². The van der Waals surface area contributed by atoms with E-state index in [1.54, 1.807) is 67.6 Å². The van der Waals surface area contributed by atoms with E-state index in [1.165, 1.54) is 6.20 Å². The van der Waals surface area contributed by atoms with Crippen LogP contribution in [-0.2, 0) is 10.0 Å². The van der Waals surface area contributed by atoms with Crippen molar-refractivity contribution >= 4 is 21.6 Å². The van der Waals surface area contributed by atoms with Gasteiger partial charge < -0.3 is 10.1 Å². The van der Waals surface area contributed by atoms with E-state index < -0.39 is 10.0 Å². The minimum atomic E-state index is -3.67. The number of anilines is 1. The number of carbonyl (C=O) groups excluding carboxylic acids is 1. The van der Waals surface area contributed by atoms with Crippen molar-refractivity contribution in [3.8, 4) is 11.6 Å². The van der Waals surface area contributed by atoms with E-state index in [2.05, 4.69) is 15.0 Å². The molecule has 1 amide bonds. The van der Waals surface area contributed by atoms with Crippen LogP contribution in [0.5, 0.6) is 11.6 Å². The molecule has 1 fully saturated rings. The average molecular weight is 423 g/mol. The number of rotatable bonds is 7. The number of carbonyl (C=O) groups is 1. The van der Waals surface area contributed by atoms with Crippen LogP contribution in [0, 0.1) is 6.92 Å². The Hall–Kier alpha value is -3.39. The zero-order chi connectivity index (χ0) is 21.1. The van der Waals surface area contributed by atoms with E-state index in [4.69, 9.17) is 4.74 Å². The van der Waals surface area contributed by atoms with Crippen molar-refractivity contribution < 1.29 is 17.9 Å². The number of aromatic nitrogens is 1. The zero-order valence-corrected chi connectivity index (χ0v) is 17.1. The van der Waals surface area contributed by atoms with Crippen LogP contribution in [0.15, 0.2) is 71.8 Å². The Balaban J connectivity index is 1.40. The SMILES string of the molecule is Cc1ccccc1S(=O)(=O)Nc1ccc(Oc2ccc(C(=O)NC3CC3)cn2)cc1. The predicted octanol–water partition coefficient (Wildman–Crippen LogP) is 3.88. The molecule has 154 valence electrons. The summed E-state index contributed by atoms with van der Waals surface area (Å²) in [4.78, 5) is 16.4. The van der Waals surface area contributed by atoms with E-state index >= 15 is 0 Å². The Bertz CT molecular complexity index is 1160. The summed E-state index contributed by atoms with van der Waals surface area (Å²) < 4.78 is 33.4. The highest BCUT2D eigenvalue weighted by atomic mass is 32.2. The molecule has 2 N–H and O–H groups in total. The molecule has 3 aromatic rings. The van der Waals surface area contributed by atoms with Crippen molar-refractivity contribution in [2.24, 2.45) is 0 Å². The second kappa shape index (κ2) is 8.16. The molecule has 30 heavy (non-hydrogen) atoms. The summed E-state index contributed by atoms with van der Waals surface area (Å²) in [5.74, 6) is 0.699. The van der Waals surface area contributed by atoms with Gasteiger partial charge in [-0.25, -0.2) is 13.4 Å². The van der Waals surface area contributed by atoms with Crippen LogP contribution in [0.25, 0.3) is 0 Å². The maximum atomic E-state index is 12.6. The summed E-state index contributed by atoms with van der Waals surface area (Å²) in [5.41, 5.74) is 1.58. The highest BCUT2D eigenvalue weighted by Gasteiger charge is 2.23. The number of hydrogen-bond donors (Lipinski definition) is 2. The van der Waals surface area contributed by atoms with Crippen molar-refractivity contribution in [1.29, 1.82) is 0 Å². The molecule has 0 atom stereocenters. The van der Waals surface area contributed by atoms with Gasteiger partial charge in [-0.3, -0.25) is 9.52 Å². The van der Waals surface area contributed by atoms with Crippen molar-refractivity contribution in [2.75, 3.05) is 4.72 Å². The van der Waals surface area contributed by atoms with Crippen LogP contribution in [0.1, 0.15) is 28.8 Å².